The van der Waals surface area contributed by atoms with Crippen molar-refractivity contribution >= 4 is 17.5 Å². The van der Waals surface area contributed by atoms with Crippen molar-refractivity contribution in [2.45, 2.75) is 0 Å². The Labute approximate surface area is 156 Å². The van der Waals surface area contributed by atoms with Crippen LogP contribution in [0.3, 0.4) is 0 Å². The predicted molar refractivity (Wildman–Crippen MR) is 101 cm³/mol. The van der Waals surface area contributed by atoms with Crippen LogP contribution in [0.25, 0.3) is 22.5 Å². The maximum atomic E-state index is 13.5. The fourth-order valence-corrected chi connectivity index (χ4v) is 3.08. The van der Waals surface area contributed by atoms with Crippen LogP contribution in [0.2, 0.25) is 5.02 Å². The van der Waals surface area contributed by atoms with Gasteiger partial charge in [-0.3, -0.25) is 0 Å². The normalized spacial score (nSPS) is 14.5. The molecule has 0 N–H and O–H groups in total. The second-order valence-electron chi connectivity index (χ2n) is 6.03. The van der Waals surface area contributed by atoms with E-state index >= 15 is 0 Å². The molecule has 26 heavy (non-hydrogen) atoms. The Balaban J connectivity index is 1.83. The topological polar surface area (TPSA) is 38.2 Å². The molecule has 0 amide bonds. The van der Waals surface area contributed by atoms with E-state index in [4.69, 9.17) is 26.3 Å². The van der Waals surface area contributed by atoms with E-state index in [1.807, 2.05) is 36.4 Å². The third-order valence-electron chi connectivity index (χ3n) is 4.29. The van der Waals surface area contributed by atoms with Crippen LogP contribution >= 0.6 is 11.6 Å². The Morgan fingerprint density at radius 2 is 1.58 bits per heavy atom. The van der Waals surface area contributed by atoms with Gasteiger partial charge in [-0.15, -0.1) is 0 Å². The van der Waals surface area contributed by atoms with Gasteiger partial charge in [-0.05, 0) is 24.3 Å². The van der Waals surface area contributed by atoms with Crippen LogP contribution in [-0.2, 0) is 4.74 Å². The fraction of sp³-hybridized carbons (Fsp3) is 0.200. The summed E-state index contributed by atoms with van der Waals surface area (Å²) < 4.78 is 19.0. The number of anilines is 1. The lowest BCUT2D eigenvalue weighted by atomic mass is 10.1. The van der Waals surface area contributed by atoms with Crippen molar-refractivity contribution in [1.29, 1.82) is 0 Å². The SMILES string of the molecule is Fc1ccc(-c2cc(-c3ccccc3)nc(N3CCOCC3)n2)cc1Cl. The highest BCUT2D eigenvalue weighted by molar-refractivity contribution is 6.31. The molecule has 1 aromatic heterocycles. The Bertz CT molecular complexity index is 914. The maximum absolute atomic E-state index is 13.5. The zero-order valence-electron chi connectivity index (χ0n) is 14.0. The molecule has 0 atom stereocenters. The minimum Gasteiger partial charge on any atom is -0.378 e. The molecular formula is C20H17ClFN3O. The van der Waals surface area contributed by atoms with Crippen molar-refractivity contribution in [3.8, 4) is 22.5 Å². The average molecular weight is 370 g/mol. The van der Waals surface area contributed by atoms with E-state index in [-0.39, 0.29) is 5.02 Å². The van der Waals surface area contributed by atoms with Gasteiger partial charge < -0.3 is 9.64 Å². The predicted octanol–water partition coefficient (Wildman–Crippen LogP) is 4.44. The van der Waals surface area contributed by atoms with E-state index in [1.54, 1.807) is 12.1 Å². The number of aromatic nitrogens is 2. The van der Waals surface area contributed by atoms with Crippen molar-refractivity contribution < 1.29 is 9.13 Å². The van der Waals surface area contributed by atoms with Crippen molar-refractivity contribution in [3.05, 3.63) is 65.4 Å². The van der Waals surface area contributed by atoms with E-state index in [2.05, 4.69) is 4.90 Å². The molecule has 3 aromatic rings. The Morgan fingerprint density at radius 3 is 2.27 bits per heavy atom. The fourth-order valence-electron chi connectivity index (χ4n) is 2.90. The Kier molecular flexibility index (Phi) is 4.82. The number of hydrogen-bond acceptors (Lipinski definition) is 4. The summed E-state index contributed by atoms with van der Waals surface area (Å²) >= 11 is 5.96. The Morgan fingerprint density at radius 1 is 0.885 bits per heavy atom. The van der Waals surface area contributed by atoms with Crippen molar-refractivity contribution in [1.82, 2.24) is 9.97 Å². The van der Waals surface area contributed by atoms with Crippen LogP contribution in [0, 0.1) is 5.82 Å². The lowest BCUT2D eigenvalue weighted by Crippen LogP contribution is -2.37. The second kappa shape index (κ2) is 7.40. The van der Waals surface area contributed by atoms with Gasteiger partial charge in [0.25, 0.3) is 0 Å². The van der Waals surface area contributed by atoms with Gasteiger partial charge in [0.1, 0.15) is 5.82 Å². The lowest BCUT2D eigenvalue weighted by molar-refractivity contribution is 0.122. The van der Waals surface area contributed by atoms with E-state index in [9.17, 15) is 4.39 Å². The summed E-state index contributed by atoms with van der Waals surface area (Å²) in [5, 5.41) is 0.0790. The lowest BCUT2D eigenvalue weighted by Gasteiger charge is -2.27. The molecule has 2 aromatic carbocycles. The molecular weight excluding hydrogens is 353 g/mol. The third-order valence-corrected chi connectivity index (χ3v) is 4.58. The number of nitrogens with zero attached hydrogens (tertiary/aromatic N) is 3. The maximum Gasteiger partial charge on any atom is 0.226 e. The number of ether oxygens (including phenoxy) is 1. The zero-order chi connectivity index (χ0) is 17.9. The average Bonchev–Trinajstić information content (AvgIpc) is 2.71. The molecule has 1 aliphatic rings. The van der Waals surface area contributed by atoms with Gasteiger partial charge in [0.2, 0.25) is 5.95 Å². The first-order valence-corrected chi connectivity index (χ1v) is 8.81. The van der Waals surface area contributed by atoms with Crippen molar-refractivity contribution in [2.24, 2.45) is 0 Å². The molecule has 0 bridgehead atoms. The highest BCUT2D eigenvalue weighted by Gasteiger charge is 2.17. The van der Waals surface area contributed by atoms with Crippen molar-refractivity contribution in [3.63, 3.8) is 0 Å². The van der Waals surface area contributed by atoms with Crippen molar-refractivity contribution in [2.75, 3.05) is 31.2 Å². The number of halogens is 2. The molecule has 0 radical (unpaired) electrons. The quantitative estimate of drug-likeness (QED) is 0.684. The molecule has 2 heterocycles. The number of rotatable bonds is 3. The van der Waals surface area contributed by atoms with Gasteiger partial charge in [-0.1, -0.05) is 41.9 Å². The monoisotopic (exact) mass is 369 g/mol. The second-order valence-corrected chi connectivity index (χ2v) is 6.44. The minimum atomic E-state index is -0.443. The van der Waals surface area contributed by atoms with Crippen LogP contribution in [0.4, 0.5) is 10.3 Å². The summed E-state index contributed by atoms with van der Waals surface area (Å²) in [7, 11) is 0. The van der Waals surface area contributed by atoms with Crippen LogP contribution in [0.5, 0.6) is 0 Å². The smallest absolute Gasteiger partial charge is 0.226 e. The van der Waals surface area contributed by atoms with E-state index in [0.29, 0.717) is 24.9 Å². The van der Waals surface area contributed by atoms with Gasteiger partial charge in [0.15, 0.2) is 0 Å². The van der Waals surface area contributed by atoms with Gasteiger partial charge in [0, 0.05) is 24.2 Å². The van der Waals surface area contributed by atoms with Crippen LogP contribution in [0.15, 0.2) is 54.6 Å². The number of morpholine rings is 1. The van der Waals surface area contributed by atoms with E-state index in [1.165, 1.54) is 6.07 Å². The Hall–Kier alpha value is -2.50. The minimum absolute atomic E-state index is 0.0790. The van der Waals surface area contributed by atoms with Gasteiger partial charge in [-0.25, -0.2) is 14.4 Å². The van der Waals surface area contributed by atoms with Gasteiger partial charge in [0.05, 0.1) is 29.6 Å². The first-order chi connectivity index (χ1) is 12.7. The highest BCUT2D eigenvalue weighted by Crippen LogP contribution is 2.29. The van der Waals surface area contributed by atoms with E-state index < -0.39 is 5.82 Å². The summed E-state index contributed by atoms with van der Waals surface area (Å²) in [6.07, 6.45) is 0. The molecule has 4 rings (SSSR count). The molecule has 0 aliphatic carbocycles. The highest BCUT2D eigenvalue weighted by atomic mass is 35.5. The molecule has 6 heteroatoms. The van der Waals surface area contributed by atoms with Gasteiger partial charge in [-0.2, -0.15) is 0 Å². The first-order valence-electron chi connectivity index (χ1n) is 8.43. The van der Waals surface area contributed by atoms with Crippen LogP contribution in [0.1, 0.15) is 0 Å². The number of hydrogen-bond donors (Lipinski definition) is 0. The van der Waals surface area contributed by atoms with E-state index in [0.717, 1.165) is 29.9 Å². The molecule has 0 saturated carbocycles. The zero-order valence-corrected chi connectivity index (χ0v) is 14.8. The summed E-state index contributed by atoms with van der Waals surface area (Å²) in [5.41, 5.74) is 3.28. The van der Waals surface area contributed by atoms with Crippen LogP contribution in [-0.4, -0.2) is 36.3 Å². The number of benzene rings is 2. The third kappa shape index (κ3) is 3.54. The van der Waals surface area contributed by atoms with Crippen LogP contribution < -0.4 is 4.90 Å². The largest absolute Gasteiger partial charge is 0.378 e. The molecule has 4 nitrogen and oxygen atoms in total. The summed E-state index contributed by atoms with van der Waals surface area (Å²) in [4.78, 5) is 11.5. The molecule has 132 valence electrons. The summed E-state index contributed by atoms with van der Waals surface area (Å²) in [6.45, 7) is 2.77. The molecule has 1 fully saturated rings. The summed E-state index contributed by atoms with van der Waals surface area (Å²) in [6, 6.07) is 16.5. The summed E-state index contributed by atoms with van der Waals surface area (Å²) in [5.74, 6) is 0.200. The molecule has 1 saturated heterocycles. The molecule has 0 spiro atoms. The first kappa shape index (κ1) is 16.9. The molecule has 1 aliphatic heterocycles. The molecule has 0 unspecified atom stereocenters. The standard InChI is InChI=1S/C20H17ClFN3O/c21-16-12-15(6-7-17(16)22)19-13-18(14-4-2-1-3-5-14)23-20(24-19)25-8-10-26-11-9-25/h1-7,12-13H,8-11H2. The van der Waals surface area contributed by atoms with Gasteiger partial charge >= 0.3 is 0 Å².